The van der Waals surface area contributed by atoms with Crippen LogP contribution in [0.15, 0.2) is 30.6 Å². The van der Waals surface area contributed by atoms with Crippen molar-refractivity contribution in [2.45, 2.75) is 20.8 Å². The zero-order valence-corrected chi connectivity index (χ0v) is 10.2. The van der Waals surface area contributed by atoms with Gasteiger partial charge in [-0.15, -0.1) is 0 Å². The van der Waals surface area contributed by atoms with Crippen molar-refractivity contribution in [2.75, 3.05) is 6.61 Å². The van der Waals surface area contributed by atoms with Crippen molar-refractivity contribution in [3.63, 3.8) is 0 Å². The Bertz CT molecular complexity index is 246. The second-order valence-electron chi connectivity index (χ2n) is 2.47. The van der Waals surface area contributed by atoms with E-state index in [2.05, 4.69) is 9.72 Å². The van der Waals surface area contributed by atoms with Crippen LogP contribution in [0, 0.1) is 0 Å². The first-order chi connectivity index (χ1) is 7.50. The van der Waals surface area contributed by atoms with Crippen molar-refractivity contribution >= 4 is 11.9 Å². The average molecular weight is 245 g/mol. The summed E-state index contributed by atoms with van der Waals surface area (Å²) in [6.07, 6.45) is 3.50. The standard InChI is InChI=1S/C5H5N.C4H8O2.C2H4O2.H2O/c1-2-4-6-5-3-1;1-3-6-4(2)5;1-2(3)4;/h1-5H;3H2,1-2H3;1H3,(H,3,4);1H2. The second-order valence-corrected chi connectivity index (χ2v) is 2.47. The number of esters is 1. The number of hydrogen-bond acceptors (Lipinski definition) is 4. The van der Waals surface area contributed by atoms with Gasteiger partial charge >= 0.3 is 5.97 Å². The summed E-state index contributed by atoms with van der Waals surface area (Å²) in [6.45, 7) is 4.74. The Balaban J connectivity index is -0.000000172. The first-order valence-corrected chi connectivity index (χ1v) is 4.68. The molecule has 0 fully saturated rings. The van der Waals surface area contributed by atoms with Gasteiger partial charge in [-0.05, 0) is 19.1 Å². The monoisotopic (exact) mass is 245 g/mol. The highest BCUT2D eigenvalue weighted by Gasteiger charge is 1.81. The van der Waals surface area contributed by atoms with Crippen LogP contribution in [-0.4, -0.2) is 34.1 Å². The lowest BCUT2D eigenvalue weighted by atomic mass is 10.5. The van der Waals surface area contributed by atoms with Gasteiger partial charge in [-0.1, -0.05) is 6.07 Å². The molecule has 0 aliphatic carbocycles. The third-order valence-electron chi connectivity index (χ3n) is 0.914. The number of aliphatic carboxylic acids is 1. The molecule has 0 aliphatic rings. The van der Waals surface area contributed by atoms with Crippen molar-refractivity contribution in [2.24, 2.45) is 0 Å². The summed E-state index contributed by atoms with van der Waals surface area (Å²) in [4.78, 5) is 22.6. The van der Waals surface area contributed by atoms with Gasteiger partial charge in [0.25, 0.3) is 5.97 Å². The lowest BCUT2D eigenvalue weighted by Gasteiger charge is -1.89. The van der Waals surface area contributed by atoms with E-state index in [1.165, 1.54) is 6.92 Å². The number of carbonyl (C=O) groups excluding carboxylic acids is 1. The first-order valence-electron chi connectivity index (χ1n) is 4.68. The lowest BCUT2D eigenvalue weighted by Crippen LogP contribution is -1.95. The maximum absolute atomic E-state index is 9.82. The van der Waals surface area contributed by atoms with E-state index in [9.17, 15) is 4.79 Å². The molecule has 3 N–H and O–H groups in total. The molecule has 98 valence electrons. The van der Waals surface area contributed by atoms with E-state index in [1.807, 2.05) is 18.2 Å². The number of carboxylic acid groups (broad SMARTS) is 1. The molecule has 0 atom stereocenters. The smallest absolute Gasteiger partial charge is 0.302 e. The van der Waals surface area contributed by atoms with E-state index in [1.54, 1.807) is 19.3 Å². The van der Waals surface area contributed by atoms with Gasteiger partial charge in [-0.25, -0.2) is 0 Å². The Morgan fingerprint density at radius 2 is 1.59 bits per heavy atom. The summed E-state index contributed by atoms with van der Waals surface area (Å²) in [7, 11) is 0. The van der Waals surface area contributed by atoms with E-state index in [4.69, 9.17) is 9.90 Å². The van der Waals surface area contributed by atoms with Crippen LogP contribution in [0.3, 0.4) is 0 Å². The van der Waals surface area contributed by atoms with Gasteiger partial charge in [0.05, 0.1) is 6.61 Å². The van der Waals surface area contributed by atoms with Crippen LogP contribution in [0.1, 0.15) is 20.8 Å². The van der Waals surface area contributed by atoms with Crippen molar-refractivity contribution in [3.05, 3.63) is 30.6 Å². The summed E-state index contributed by atoms with van der Waals surface area (Å²) in [5.74, 6) is -1.04. The SMILES string of the molecule is CC(=O)O.CCOC(C)=O.O.c1ccncc1. The minimum atomic E-state index is -0.833. The molecule has 0 aromatic carbocycles. The topological polar surface area (TPSA) is 108 Å². The van der Waals surface area contributed by atoms with Crippen LogP contribution < -0.4 is 0 Å². The van der Waals surface area contributed by atoms with Gasteiger partial charge in [0.1, 0.15) is 0 Å². The number of carboxylic acids is 1. The molecule has 1 aromatic rings. The predicted octanol–water partition coefficient (Wildman–Crippen LogP) is 0.917. The molecule has 6 nitrogen and oxygen atoms in total. The van der Waals surface area contributed by atoms with Crippen molar-refractivity contribution in [3.8, 4) is 0 Å². The molecule has 0 radical (unpaired) electrons. The molecule has 0 spiro atoms. The van der Waals surface area contributed by atoms with Crippen molar-refractivity contribution in [1.82, 2.24) is 4.98 Å². The Hall–Kier alpha value is -1.95. The predicted molar refractivity (Wildman–Crippen MR) is 63.5 cm³/mol. The van der Waals surface area contributed by atoms with Gasteiger partial charge in [0.15, 0.2) is 0 Å². The molecule has 0 aliphatic heterocycles. The highest BCUT2D eigenvalue weighted by Crippen LogP contribution is 1.73. The molecule has 0 unspecified atom stereocenters. The van der Waals surface area contributed by atoms with Crippen molar-refractivity contribution < 1.29 is 24.9 Å². The highest BCUT2D eigenvalue weighted by molar-refractivity contribution is 5.65. The molecule has 1 heterocycles. The van der Waals surface area contributed by atoms with E-state index in [0.29, 0.717) is 6.61 Å². The number of rotatable bonds is 1. The number of carbonyl (C=O) groups is 2. The van der Waals surface area contributed by atoms with Crippen LogP contribution in [-0.2, 0) is 14.3 Å². The molecule has 6 heteroatoms. The van der Waals surface area contributed by atoms with Crippen molar-refractivity contribution in [1.29, 1.82) is 0 Å². The molecular weight excluding hydrogens is 226 g/mol. The first kappa shape index (κ1) is 20.5. The third-order valence-corrected chi connectivity index (χ3v) is 0.914. The Kier molecular flexibility index (Phi) is 19.8. The summed E-state index contributed by atoms with van der Waals surface area (Å²) >= 11 is 0. The van der Waals surface area contributed by atoms with Gasteiger partial charge in [-0.2, -0.15) is 0 Å². The van der Waals surface area contributed by atoms with E-state index < -0.39 is 5.97 Å². The van der Waals surface area contributed by atoms with Crippen LogP contribution in [0.5, 0.6) is 0 Å². The van der Waals surface area contributed by atoms with Crippen LogP contribution in [0.4, 0.5) is 0 Å². The average Bonchev–Trinajstić information content (AvgIpc) is 2.20. The normalized spacial score (nSPS) is 7.00. The Morgan fingerprint density at radius 3 is 1.65 bits per heavy atom. The number of aromatic nitrogens is 1. The second kappa shape index (κ2) is 16.5. The highest BCUT2D eigenvalue weighted by atomic mass is 16.5. The van der Waals surface area contributed by atoms with Gasteiger partial charge in [0, 0.05) is 26.2 Å². The Morgan fingerprint density at radius 1 is 1.18 bits per heavy atom. The molecule has 0 saturated carbocycles. The zero-order chi connectivity index (χ0) is 12.8. The molecular formula is C11H19NO5. The molecule has 0 amide bonds. The fourth-order valence-corrected chi connectivity index (χ4v) is 0.516. The summed E-state index contributed by atoms with van der Waals surface area (Å²) in [5.41, 5.74) is 0. The minimum Gasteiger partial charge on any atom is -0.481 e. The Labute approximate surface area is 101 Å². The van der Waals surface area contributed by atoms with Crippen LogP contribution >= 0.6 is 0 Å². The van der Waals surface area contributed by atoms with Crippen LogP contribution in [0.2, 0.25) is 0 Å². The summed E-state index contributed by atoms with van der Waals surface area (Å²) in [5, 5.41) is 7.42. The summed E-state index contributed by atoms with van der Waals surface area (Å²) < 4.78 is 4.40. The fraction of sp³-hybridized carbons (Fsp3) is 0.364. The quantitative estimate of drug-likeness (QED) is 0.740. The van der Waals surface area contributed by atoms with Crippen LogP contribution in [0.25, 0.3) is 0 Å². The molecule has 1 aromatic heterocycles. The number of nitrogens with zero attached hydrogens (tertiary/aromatic N) is 1. The number of hydrogen-bond donors (Lipinski definition) is 1. The number of pyridine rings is 1. The van der Waals surface area contributed by atoms with E-state index >= 15 is 0 Å². The minimum absolute atomic E-state index is 0. The third kappa shape index (κ3) is 41.0. The van der Waals surface area contributed by atoms with Gasteiger partial charge < -0.3 is 15.3 Å². The maximum Gasteiger partial charge on any atom is 0.302 e. The molecule has 17 heavy (non-hydrogen) atoms. The molecule has 0 bridgehead atoms. The number of ether oxygens (including phenoxy) is 1. The van der Waals surface area contributed by atoms with Gasteiger partial charge in [-0.3, -0.25) is 14.6 Å². The van der Waals surface area contributed by atoms with E-state index in [-0.39, 0.29) is 11.4 Å². The fourth-order valence-electron chi connectivity index (χ4n) is 0.516. The zero-order valence-electron chi connectivity index (χ0n) is 10.2. The van der Waals surface area contributed by atoms with E-state index in [0.717, 1.165) is 6.92 Å². The lowest BCUT2D eigenvalue weighted by molar-refractivity contribution is -0.140. The molecule has 1 rings (SSSR count). The maximum atomic E-state index is 9.82. The molecule has 0 saturated heterocycles. The summed E-state index contributed by atoms with van der Waals surface area (Å²) in [6, 6.07) is 5.72. The van der Waals surface area contributed by atoms with Gasteiger partial charge in [0.2, 0.25) is 0 Å². The largest absolute Gasteiger partial charge is 0.481 e.